The van der Waals surface area contributed by atoms with Gasteiger partial charge in [-0.3, -0.25) is 14.9 Å². The van der Waals surface area contributed by atoms with Crippen molar-refractivity contribution in [2.75, 3.05) is 0 Å². The summed E-state index contributed by atoms with van der Waals surface area (Å²) in [6, 6.07) is 13.4. The molecule has 0 aliphatic heterocycles. The van der Waals surface area contributed by atoms with Gasteiger partial charge in [0.1, 0.15) is 0 Å². The van der Waals surface area contributed by atoms with Gasteiger partial charge in [-0.2, -0.15) is 0 Å². The van der Waals surface area contributed by atoms with Crippen LogP contribution in [-0.2, 0) is 12.3 Å². The number of amides is 1. The molecule has 3 rings (SSSR count). The van der Waals surface area contributed by atoms with E-state index in [4.69, 9.17) is 0 Å². The summed E-state index contributed by atoms with van der Waals surface area (Å²) in [5.74, 6) is 1.03. The fourth-order valence-electron chi connectivity index (χ4n) is 2.94. The van der Waals surface area contributed by atoms with E-state index in [1.807, 2.05) is 30.5 Å². The predicted molar refractivity (Wildman–Crippen MR) is 120 cm³/mol. The number of hydrogen-bond acceptors (Lipinski definition) is 6. The van der Waals surface area contributed by atoms with E-state index in [2.05, 4.69) is 22.1 Å². The number of benzene rings is 2. The van der Waals surface area contributed by atoms with Crippen molar-refractivity contribution in [1.29, 1.82) is 0 Å². The van der Waals surface area contributed by atoms with E-state index in [9.17, 15) is 14.9 Å². The number of carbonyl (C=O) groups excluding carboxylic acids is 1. The first-order valence-corrected chi connectivity index (χ1v) is 10.6. The van der Waals surface area contributed by atoms with Gasteiger partial charge < -0.3 is 9.88 Å². The van der Waals surface area contributed by atoms with Gasteiger partial charge in [-0.1, -0.05) is 47.7 Å². The molecule has 31 heavy (non-hydrogen) atoms. The van der Waals surface area contributed by atoms with Crippen LogP contribution < -0.4 is 5.32 Å². The average molecular weight is 438 g/mol. The Morgan fingerprint density at radius 3 is 2.52 bits per heavy atom. The smallest absolute Gasteiger partial charge is 0.269 e. The highest BCUT2D eigenvalue weighted by Crippen LogP contribution is 2.25. The molecule has 0 aliphatic rings. The Morgan fingerprint density at radius 1 is 1.23 bits per heavy atom. The molecule has 1 atom stereocenters. The quantitative estimate of drug-likeness (QED) is 0.229. The van der Waals surface area contributed by atoms with Crippen molar-refractivity contribution in [2.24, 2.45) is 0 Å². The molecule has 1 unspecified atom stereocenters. The lowest BCUT2D eigenvalue weighted by atomic mass is 10.1. The number of nitrogens with one attached hydrogen (secondary N) is 1. The molecule has 2 aromatic carbocycles. The number of non-ortho nitro benzene ring substituents is 1. The van der Waals surface area contributed by atoms with Crippen molar-refractivity contribution in [3.63, 3.8) is 0 Å². The normalized spacial score (nSPS) is 11.7. The molecule has 8 nitrogen and oxygen atoms in total. The molecule has 1 amide bonds. The van der Waals surface area contributed by atoms with E-state index in [0.717, 1.165) is 11.1 Å². The summed E-state index contributed by atoms with van der Waals surface area (Å²) in [6.07, 6.45) is 1.75. The van der Waals surface area contributed by atoms with Gasteiger partial charge in [0, 0.05) is 30.0 Å². The first-order valence-electron chi connectivity index (χ1n) is 9.66. The Bertz CT molecular complexity index is 1080. The van der Waals surface area contributed by atoms with Gasteiger partial charge in [-0.15, -0.1) is 16.8 Å². The molecule has 0 radical (unpaired) electrons. The third-order valence-corrected chi connectivity index (χ3v) is 5.66. The van der Waals surface area contributed by atoms with Crippen molar-refractivity contribution >= 4 is 23.4 Å². The molecule has 160 valence electrons. The van der Waals surface area contributed by atoms with E-state index >= 15 is 0 Å². The summed E-state index contributed by atoms with van der Waals surface area (Å²) in [5, 5.41) is 23.0. The minimum absolute atomic E-state index is 0.0593. The van der Waals surface area contributed by atoms with Crippen LogP contribution in [0.4, 0.5) is 5.69 Å². The van der Waals surface area contributed by atoms with Crippen LogP contribution in [0.25, 0.3) is 0 Å². The zero-order valence-electron chi connectivity index (χ0n) is 17.3. The van der Waals surface area contributed by atoms with Gasteiger partial charge >= 0.3 is 0 Å². The number of nitro groups is 1. The number of carbonyl (C=O) groups is 1. The van der Waals surface area contributed by atoms with Crippen molar-refractivity contribution in [3.05, 3.63) is 93.8 Å². The zero-order chi connectivity index (χ0) is 22.4. The molecule has 3 aromatic rings. The molecular formula is C22H23N5O3S. The van der Waals surface area contributed by atoms with Gasteiger partial charge in [0.25, 0.3) is 11.6 Å². The van der Waals surface area contributed by atoms with Crippen LogP contribution in [0.15, 0.2) is 66.3 Å². The third kappa shape index (κ3) is 5.58. The Morgan fingerprint density at radius 2 is 1.90 bits per heavy atom. The molecule has 0 saturated carbocycles. The topological polar surface area (TPSA) is 103 Å². The van der Waals surface area contributed by atoms with E-state index in [0.29, 0.717) is 28.8 Å². The van der Waals surface area contributed by atoms with Crippen LogP contribution in [0, 0.1) is 17.0 Å². The SMILES string of the molecule is C=CCn1c(SCc2ccc([N+](=O)[O-])cc2)nnc1C(C)NC(=O)c1ccc(C)cc1. The maximum Gasteiger partial charge on any atom is 0.269 e. The van der Waals surface area contributed by atoms with Crippen LogP contribution in [0.1, 0.15) is 40.3 Å². The molecule has 0 spiro atoms. The maximum atomic E-state index is 12.6. The zero-order valence-corrected chi connectivity index (χ0v) is 18.1. The van der Waals surface area contributed by atoms with Crippen LogP contribution in [0.3, 0.4) is 0 Å². The van der Waals surface area contributed by atoms with Crippen LogP contribution in [-0.4, -0.2) is 25.6 Å². The van der Waals surface area contributed by atoms with Crippen molar-refractivity contribution in [3.8, 4) is 0 Å². The fourth-order valence-corrected chi connectivity index (χ4v) is 3.85. The van der Waals surface area contributed by atoms with E-state index in [1.165, 1.54) is 23.9 Å². The number of aromatic nitrogens is 3. The van der Waals surface area contributed by atoms with Gasteiger partial charge in [-0.25, -0.2) is 0 Å². The first-order chi connectivity index (χ1) is 14.9. The van der Waals surface area contributed by atoms with E-state index in [-0.39, 0.29) is 17.6 Å². The Hall–Kier alpha value is -3.46. The van der Waals surface area contributed by atoms with E-state index < -0.39 is 4.92 Å². The minimum Gasteiger partial charge on any atom is -0.342 e. The summed E-state index contributed by atoms with van der Waals surface area (Å²) >= 11 is 1.47. The predicted octanol–water partition coefficient (Wildman–Crippen LogP) is 4.46. The second-order valence-electron chi connectivity index (χ2n) is 7.01. The number of thioether (sulfide) groups is 1. The summed E-state index contributed by atoms with van der Waals surface area (Å²) in [4.78, 5) is 22.9. The van der Waals surface area contributed by atoms with Gasteiger partial charge in [0.05, 0.1) is 11.0 Å². The minimum atomic E-state index is -0.420. The fraction of sp³-hybridized carbons (Fsp3) is 0.227. The first kappa shape index (κ1) is 22.2. The number of allylic oxidation sites excluding steroid dienone is 1. The largest absolute Gasteiger partial charge is 0.342 e. The van der Waals surface area contributed by atoms with Crippen LogP contribution in [0.2, 0.25) is 0 Å². The number of nitro benzene ring substituents is 1. The summed E-state index contributed by atoms with van der Waals surface area (Å²) in [6.45, 7) is 8.13. The van der Waals surface area contributed by atoms with E-state index in [1.54, 1.807) is 30.3 Å². The lowest BCUT2D eigenvalue weighted by Gasteiger charge is -2.15. The monoisotopic (exact) mass is 437 g/mol. The van der Waals surface area contributed by atoms with Crippen molar-refractivity contribution < 1.29 is 9.72 Å². The lowest BCUT2D eigenvalue weighted by molar-refractivity contribution is -0.384. The number of hydrogen-bond donors (Lipinski definition) is 1. The second-order valence-corrected chi connectivity index (χ2v) is 7.96. The van der Waals surface area contributed by atoms with Crippen molar-refractivity contribution in [1.82, 2.24) is 20.1 Å². The standard InChI is InChI=1S/C22H23N5O3S/c1-4-13-26-20(16(3)23-21(28)18-9-5-15(2)6-10-18)24-25-22(26)31-14-17-7-11-19(12-8-17)27(29)30/h4-12,16H,1,13-14H2,2-3H3,(H,23,28). The Labute approximate surface area is 184 Å². The highest BCUT2D eigenvalue weighted by atomic mass is 32.2. The highest BCUT2D eigenvalue weighted by Gasteiger charge is 2.20. The molecule has 1 aromatic heterocycles. The highest BCUT2D eigenvalue weighted by molar-refractivity contribution is 7.98. The second kappa shape index (κ2) is 10.0. The van der Waals surface area contributed by atoms with Gasteiger partial charge in [0.2, 0.25) is 0 Å². The molecular weight excluding hydrogens is 414 g/mol. The van der Waals surface area contributed by atoms with Gasteiger partial charge in [-0.05, 0) is 31.5 Å². The number of rotatable bonds is 9. The number of aryl methyl sites for hydroxylation is 1. The van der Waals surface area contributed by atoms with Crippen LogP contribution >= 0.6 is 11.8 Å². The van der Waals surface area contributed by atoms with Crippen molar-refractivity contribution in [2.45, 2.75) is 37.3 Å². The molecule has 0 fully saturated rings. The van der Waals surface area contributed by atoms with Crippen LogP contribution in [0.5, 0.6) is 0 Å². The Kier molecular flexibility index (Phi) is 7.19. The Balaban J connectivity index is 1.71. The third-order valence-electron chi connectivity index (χ3n) is 4.62. The van der Waals surface area contributed by atoms with Gasteiger partial charge in [0.15, 0.2) is 11.0 Å². The molecule has 1 N–H and O–H groups in total. The summed E-state index contributed by atoms with van der Waals surface area (Å²) in [7, 11) is 0. The molecule has 1 heterocycles. The summed E-state index contributed by atoms with van der Waals surface area (Å²) in [5.41, 5.74) is 2.67. The molecule has 0 bridgehead atoms. The molecule has 9 heteroatoms. The lowest BCUT2D eigenvalue weighted by Crippen LogP contribution is -2.28. The average Bonchev–Trinajstić information content (AvgIpc) is 3.16. The number of nitrogens with zero attached hydrogens (tertiary/aromatic N) is 4. The maximum absolute atomic E-state index is 12.6. The molecule has 0 aliphatic carbocycles. The molecule has 0 saturated heterocycles. The summed E-state index contributed by atoms with van der Waals surface area (Å²) < 4.78 is 1.91.